The van der Waals surface area contributed by atoms with Crippen LogP contribution in [0, 0.1) is 11.3 Å². The van der Waals surface area contributed by atoms with Crippen molar-refractivity contribution in [3.8, 4) is 6.07 Å². The van der Waals surface area contributed by atoms with Gasteiger partial charge >= 0.3 is 0 Å². The number of hydrogen-bond acceptors (Lipinski definition) is 6. The molecule has 3 N–H and O–H groups in total. The molecule has 0 aromatic heterocycles. The van der Waals surface area contributed by atoms with Crippen molar-refractivity contribution in [3.05, 3.63) is 70.8 Å². The van der Waals surface area contributed by atoms with Crippen LogP contribution in [0.1, 0.15) is 34.2 Å². The number of halogens is 1. The van der Waals surface area contributed by atoms with Gasteiger partial charge in [0.1, 0.15) is 12.2 Å². The Morgan fingerprint density at radius 2 is 1.97 bits per heavy atom. The summed E-state index contributed by atoms with van der Waals surface area (Å²) >= 11 is 0. The molecule has 0 amide bonds. The molecule has 2 aromatic rings. The van der Waals surface area contributed by atoms with Crippen molar-refractivity contribution in [2.24, 2.45) is 10.9 Å². The molecule has 4 rings (SSSR count). The van der Waals surface area contributed by atoms with Gasteiger partial charge in [-0.05, 0) is 73.3 Å². The van der Waals surface area contributed by atoms with Gasteiger partial charge in [-0.1, -0.05) is 18.7 Å². The normalized spacial score (nSPS) is 18.8. The first-order chi connectivity index (χ1) is 15.1. The van der Waals surface area contributed by atoms with E-state index in [-0.39, 0.29) is 5.90 Å². The van der Waals surface area contributed by atoms with Crippen molar-refractivity contribution in [2.75, 3.05) is 31.1 Å². The number of rotatable bonds is 4. The number of hydrogen-bond donors (Lipinski definition) is 2. The summed E-state index contributed by atoms with van der Waals surface area (Å²) in [5, 5.41) is 13.0. The zero-order valence-corrected chi connectivity index (χ0v) is 17.4. The molecule has 160 valence electrons. The maximum atomic E-state index is 13.6. The van der Waals surface area contributed by atoms with E-state index in [0.717, 1.165) is 31.5 Å². The van der Waals surface area contributed by atoms with Crippen LogP contribution in [0.3, 0.4) is 0 Å². The summed E-state index contributed by atoms with van der Waals surface area (Å²) in [5.74, 6) is 5.68. The van der Waals surface area contributed by atoms with Crippen molar-refractivity contribution >= 4 is 17.3 Å². The smallest absolute Gasteiger partial charge is 0.245 e. The Hall–Kier alpha value is -3.21. The van der Waals surface area contributed by atoms with Gasteiger partial charge in [0.15, 0.2) is 0 Å². The van der Waals surface area contributed by atoms with Crippen molar-refractivity contribution in [2.45, 2.75) is 25.4 Å². The van der Waals surface area contributed by atoms with Crippen molar-refractivity contribution in [3.63, 3.8) is 0 Å². The van der Waals surface area contributed by atoms with Gasteiger partial charge in [-0.25, -0.2) is 9.38 Å². The SMILES string of the molecule is C=C(/N=C(\ON)c1ccc(N2CCC(F)C2)c(C#N)c1)c1ccc2c(c1)CCNCC2. The van der Waals surface area contributed by atoms with E-state index in [4.69, 9.17) is 10.7 Å². The van der Waals surface area contributed by atoms with E-state index in [9.17, 15) is 9.65 Å². The molecule has 2 aliphatic heterocycles. The molecule has 7 heteroatoms. The Balaban J connectivity index is 1.60. The highest BCUT2D eigenvalue weighted by atomic mass is 19.1. The van der Waals surface area contributed by atoms with Gasteiger partial charge in [0.05, 0.1) is 16.9 Å². The van der Waals surface area contributed by atoms with Crippen molar-refractivity contribution in [1.82, 2.24) is 5.32 Å². The second kappa shape index (κ2) is 9.29. The summed E-state index contributed by atoms with van der Waals surface area (Å²) in [5.41, 5.74) is 5.77. The Morgan fingerprint density at radius 3 is 2.68 bits per heavy atom. The van der Waals surface area contributed by atoms with Gasteiger partial charge in [-0.2, -0.15) is 11.2 Å². The Bertz CT molecular complexity index is 1060. The van der Waals surface area contributed by atoms with Crippen molar-refractivity contribution in [1.29, 1.82) is 5.26 Å². The Kier molecular flexibility index (Phi) is 6.31. The van der Waals surface area contributed by atoms with E-state index < -0.39 is 6.17 Å². The van der Waals surface area contributed by atoms with E-state index in [2.05, 4.69) is 35.1 Å². The van der Waals surface area contributed by atoms with Crippen LogP contribution in [0.15, 0.2) is 48.0 Å². The van der Waals surface area contributed by atoms with Gasteiger partial charge in [0.2, 0.25) is 5.90 Å². The number of fused-ring (bicyclic) bond motifs is 1. The molecule has 0 bridgehead atoms. The molecule has 1 saturated heterocycles. The van der Waals surface area contributed by atoms with E-state index in [1.165, 1.54) is 11.1 Å². The number of nitrogens with one attached hydrogen (secondary N) is 1. The van der Waals surface area contributed by atoms with Gasteiger partial charge in [-0.3, -0.25) is 0 Å². The lowest BCUT2D eigenvalue weighted by molar-refractivity contribution is 0.322. The van der Waals surface area contributed by atoms with Gasteiger partial charge in [0.25, 0.3) is 0 Å². The quantitative estimate of drug-likeness (QED) is 0.452. The molecular weight excluding hydrogens is 393 g/mol. The number of nitriles is 1. The average Bonchev–Trinajstić information content (AvgIpc) is 3.08. The molecule has 0 saturated carbocycles. The standard InChI is InChI=1S/C24H26FN5O/c1-16(18-3-2-17-6-9-28-10-7-19(17)12-18)29-24(31-27)20-4-5-23(21(13-20)14-26)30-11-8-22(25)15-30/h2-5,12-13,22,28H,1,6-11,15,27H2/b29-24-. The third-order valence-electron chi connectivity index (χ3n) is 5.87. The molecule has 2 aliphatic rings. The van der Waals surface area contributed by atoms with Crippen LogP contribution in [-0.4, -0.2) is 38.2 Å². The molecule has 31 heavy (non-hydrogen) atoms. The summed E-state index contributed by atoms with van der Waals surface area (Å²) in [6.45, 7) is 6.91. The monoisotopic (exact) mass is 419 g/mol. The van der Waals surface area contributed by atoms with E-state index in [0.29, 0.717) is 42.0 Å². The molecule has 1 unspecified atom stereocenters. The minimum atomic E-state index is -0.865. The highest BCUT2D eigenvalue weighted by Gasteiger charge is 2.24. The second-order valence-corrected chi connectivity index (χ2v) is 7.89. The third kappa shape index (κ3) is 4.61. The van der Waals surface area contributed by atoms with Crippen LogP contribution in [0.25, 0.3) is 5.70 Å². The molecule has 2 heterocycles. The molecular formula is C24H26FN5O. The highest BCUT2D eigenvalue weighted by molar-refractivity contribution is 5.98. The minimum Gasteiger partial charge on any atom is -0.391 e. The van der Waals surface area contributed by atoms with Crippen LogP contribution < -0.4 is 16.1 Å². The predicted octanol–water partition coefficient (Wildman–Crippen LogP) is 3.10. The Morgan fingerprint density at radius 1 is 1.19 bits per heavy atom. The van der Waals surface area contributed by atoms with Gasteiger partial charge < -0.3 is 15.1 Å². The van der Waals surface area contributed by atoms with Gasteiger partial charge in [-0.15, -0.1) is 0 Å². The lowest BCUT2D eigenvalue weighted by Gasteiger charge is -2.19. The first-order valence-corrected chi connectivity index (χ1v) is 10.5. The van der Waals surface area contributed by atoms with Crippen LogP contribution in [0.5, 0.6) is 0 Å². The number of alkyl halides is 1. The van der Waals surface area contributed by atoms with E-state index in [1.807, 2.05) is 11.0 Å². The number of nitrogens with two attached hydrogens (primary N) is 1. The molecule has 0 radical (unpaired) electrons. The largest absolute Gasteiger partial charge is 0.391 e. The fourth-order valence-corrected chi connectivity index (χ4v) is 4.17. The molecule has 2 aromatic carbocycles. The van der Waals surface area contributed by atoms with Crippen molar-refractivity contribution < 1.29 is 9.23 Å². The molecule has 1 atom stereocenters. The lowest BCUT2D eigenvalue weighted by Crippen LogP contribution is -2.21. The third-order valence-corrected chi connectivity index (χ3v) is 5.87. The molecule has 6 nitrogen and oxygen atoms in total. The summed E-state index contributed by atoms with van der Waals surface area (Å²) < 4.78 is 13.6. The van der Waals surface area contributed by atoms with Crippen LogP contribution in [0.4, 0.5) is 10.1 Å². The fourth-order valence-electron chi connectivity index (χ4n) is 4.17. The fraction of sp³-hybridized carbons (Fsp3) is 0.333. The summed E-state index contributed by atoms with van der Waals surface area (Å²) in [4.78, 5) is 11.4. The maximum absolute atomic E-state index is 13.6. The number of nitrogens with zero attached hydrogens (tertiary/aromatic N) is 3. The topological polar surface area (TPSA) is 86.7 Å². The number of aliphatic imine (C=N–C) groups is 1. The van der Waals surface area contributed by atoms with Gasteiger partial charge in [0, 0.05) is 18.7 Å². The number of benzene rings is 2. The first-order valence-electron chi connectivity index (χ1n) is 10.5. The zero-order valence-electron chi connectivity index (χ0n) is 17.4. The highest BCUT2D eigenvalue weighted by Crippen LogP contribution is 2.27. The molecule has 1 fully saturated rings. The molecule has 0 aliphatic carbocycles. The second-order valence-electron chi connectivity index (χ2n) is 7.89. The van der Waals surface area contributed by atoms with Crippen LogP contribution >= 0.6 is 0 Å². The first kappa shape index (κ1) is 21.0. The zero-order chi connectivity index (χ0) is 21.8. The predicted molar refractivity (Wildman–Crippen MR) is 120 cm³/mol. The van der Waals surface area contributed by atoms with E-state index >= 15 is 0 Å². The summed E-state index contributed by atoms with van der Waals surface area (Å²) in [7, 11) is 0. The van der Waals surface area contributed by atoms with Crippen LogP contribution in [-0.2, 0) is 17.7 Å². The maximum Gasteiger partial charge on any atom is 0.245 e. The molecule has 0 spiro atoms. The van der Waals surface area contributed by atoms with E-state index in [1.54, 1.807) is 18.2 Å². The average molecular weight is 420 g/mol. The number of anilines is 1. The Labute approximate surface area is 181 Å². The summed E-state index contributed by atoms with van der Waals surface area (Å²) in [6.07, 6.45) is 1.58. The van der Waals surface area contributed by atoms with Crippen LogP contribution in [0.2, 0.25) is 0 Å². The minimum absolute atomic E-state index is 0.175. The lowest BCUT2D eigenvalue weighted by atomic mass is 9.99. The summed E-state index contributed by atoms with van der Waals surface area (Å²) in [6, 6.07) is 13.7.